The van der Waals surface area contributed by atoms with E-state index in [1.165, 1.54) is 0 Å². The van der Waals surface area contributed by atoms with Crippen molar-refractivity contribution in [1.29, 1.82) is 0 Å². The Morgan fingerprint density at radius 2 is 2.13 bits per heavy atom. The number of alkyl halides is 3. The normalized spacial score (nSPS) is 11.5. The molecule has 1 aromatic rings. The Balaban J connectivity index is 3.08. The van der Waals surface area contributed by atoms with E-state index in [4.69, 9.17) is 10.8 Å². The van der Waals surface area contributed by atoms with Crippen LogP contribution in [-0.4, -0.2) is 16.5 Å². The van der Waals surface area contributed by atoms with E-state index in [0.717, 1.165) is 6.07 Å². The molecule has 8 heteroatoms. The van der Waals surface area contributed by atoms with Crippen molar-refractivity contribution in [2.45, 2.75) is 12.9 Å². The highest BCUT2D eigenvalue weighted by Gasteiger charge is 2.33. The third kappa shape index (κ3) is 3.38. The SMILES string of the molecule is NCc1nc(OC(F)(F)F)c(O)cc1I. The molecule has 1 heterocycles. The van der Waals surface area contributed by atoms with Crippen LogP contribution in [0.1, 0.15) is 5.69 Å². The molecule has 0 radical (unpaired) electrons. The van der Waals surface area contributed by atoms with Crippen molar-refractivity contribution in [2.24, 2.45) is 5.73 Å². The molecule has 84 valence electrons. The molecule has 0 aliphatic rings. The van der Waals surface area contributed by atoms with Gasteiger partial charge in [-0.1, -0.05) is 0 Å². The van der Waals surface area contributed by atoms with E-state index in [0.29, 0.717) is 3.57 Å². The second-order valence-electron chi connectivity index (χ2n) is 2.49. The average Bonchev–Trinajstić information content (AvgIpc) is 2.07. The maximum absolute atomic E-state index is 11.9. The number of aromatic nitrogens is 1. The molecule has 0 fully saturated rings. The summed E-state index contributed by atoms with van der Waals surface area (Å²) in [6.07, 6.45) is -4.89. The number of hydrogen-bond acceptors (Lipinski definition) is 4. The van der Waals surface area contributed by atoms with Gasteiger partial charge in [0.25, 0.3) is 5.88 Å². The largest absolute Gasteiger partial charge is 0.574 e. The summed E-state index contributed by atoms with van der Waals surface area (Å²) in [6, 6.07) is 1.11. The second-order valence-corrected chi connectivity index (χ2v) is 3.66. The zero-order valence-corrected chi connectivity index (χ0v) is 9.33. The fourth-order valence-electron chi connectivity index (χ4n) is 0.826. The molecule has 3 N–H and O–H groups in total. The van der Waals surface area contributed by atoms with Crippen molar-refractivity contribution in [1.82, 2.24) is 4.98 Å². The maximum atomic E-state index is 11.9. The third-order valence-electron chi connectivity index (χ3n) is 1.40. The molecule has 1 rings (SSSR count). The van der Waals surface area contributed by atoms with E-state index >= 15 is 0 Å². The molecule has 0 aromatic carbocycles. The lowest BCUT2D eigenvalue weighted by Gasteiger charge is -2.11. The molecule has 4 nitrogen and oxygen atoms in total. The highest BCUT2D eigenvalue weighted by molar-refractivity contribution is 14.1. The molecule has 0 unspecified atom stereocenters. The topological polar surface area (TPSA) is 68.4 Å². The summed E-state index contributed by atoms with van der Waals surface area (Å²) in [4.78, 5) is 3.45. The number of halogens is 4. The summed E-state index contributed by atoms with van der Waals surface area (Å²) in [6.45, 7) is -0.0349. The molecular formula is C7H6F3IN2O2. The van der Waals surface area contributed by atoms with E-state index in [1.54, 1.807) is 22.6 Å². The summed E-state index contributed by atoms with van der Waals surface area (Å²) in [7, 11) is 0. The number of nitrogens with two attached hydrogens (primary N) is 1. The average molecular weight is 334 g/mol. The number of pyridine rings is 1. The lowest BCUT2D eigenvalue weighted by atomic mass is 10.3. The van der Waals surface area contributed by atoms with E-state index in [9.17, 15) is 13.2 Å². The van der Waals surface area contributed by atoms with Crippen LogP contribution in [-0.2, 0) is 6.54 Å². The van der Waals surface area contributed by atoms with Crippen molar-refractivity contribution in [3.05, 3.63) is 15.3 Å². The highest BCUT2D eigenvalue weighted by atomic mass is 127. The van der Waals surface area contributed by atoms with Gasteiger partial charge in [0, 0.05) is 16.2 Å². The first-order valence-electron chi connectivity index (χ1n) is 3.67. The summed E-state index contributed by atoms with van der Waals surface area (Å²) >= 11 is 1.80. The molecule has 0 atom stereocenters. The molecule has 0 saturated carbocycles. The summed E-state index contributed by atoms with van der Waals surface area (Å²) < 4.78 is 39.5. The molecule has 0 spiro atoms. The zero-order chi connectivity index (χ0) is 11.6. The summed E-state index contributed by atoms with van der Waals surface area (Å²) in [5, 5.41) is 9.14. The van der Waals surface area contributed by atoms with Crippen LogP contribution in [0.2, 0.25) is 0 Å². The highest BCUT2D eigenvalue weighted by Crippen LogP contribution is 2.31. The van der Waals surface area contributed by atoms with E-state index in [1.807, 2.05) is 0 Å². The molecule has 0 amide bonds. The van der Waals surface area contributed by atoms with Crippen LogP contribution in [0.15, 0.2) is 6.07 Å². The third-order valence-corrected chi connectivity index (χ3v) is 2.33. The Morgan fingerprint density at radius 3 is 2.60 bits per heavy atom. The first-order valence-corrected chi connectivity index (χ1v) is 4.75. The molecule has 1 aromatic heterocycles. The lowest BCUT2D eigenvalue weighted by Crippen LogP contribution is -2.19. The van der Waals surface area contributed by atoms with Crippen LogP contribution < -0.4 is 10.5 Å². The minimum atomic E-state index is -4.89. The number of rotatable bonds is 2. The quantitative estimate of drug-likeness (QED) is 0.809. The summed E-state index contributed by atoms with van der Waals surface area (Å²) in [5.41, 5.74) is 5.48. The Bertz CT molecular complexity index is 370. The Kier molecular flexibility index (Phi) is 3.60. The van der Waals surface area contributed by atoms with Gasteiger partial charge in [-0.2, -0.15) is 0 Å². The van der Waals surface area contributed by atoms with Gasteiger partial charge in [-0.15, -0.1) is 13.2 Å². The minimum absolute atomic E-state index is 0.0349. The van der Waals surface area contributed by atoms with Gasteiger partial charge in [0.1, 0.15) is 0 Å². The first-order chi connectivity index (χ1) is 6.83. The monoisotopic (exact) mass is 334 g/mol. The van der Waals surface area contributed by atoms with Crippen molar-refractivity contribution in [3.8, 4) is 11.6 Å². The fourth-order valence-corrected chi connectivity index (χ4v) is 1.46. The maximum Gasteiger partial charge on any atom is 0.574 e. The number of aromatic hydroxyl groups is 1. The fraction of sp³-hybridized carbons (Fsp3) is 0.286. The second kappa shape index (κ2) is 4.39. The molecule has 0 aliphatic carbocycles. The lowest BCUT2D eigenvalue weighted by molar-refractivity contribution is -0.276. The van der Waals surface area contributed by atoms with Crippen LogP contribution in [0.25, 0.3) is 0 Å². The molecule has 0 saturated heterocycles. The Hall–Kier alpha value is -0.770. The Labute approximate surface area is 96.4 Å². The number of ether oxygens (including phenoxy) is 1. The van der Waals surface area contributed by atoms with E-state index in [-0.39, 0.29) is 12.2 Å². The minimum Gasteiger partial charge on any atom is -0.503 e. The van der Waals surface area contributed by atoms with Crippen LogP contribution in [0.3, 0.4) is 0 Å². The molecule has 0 bridgehead atoms. The molecule has 0 aliphatic heterocycles. The Morgan fingerprint density at radius 1 is 1.53 bits per heavy atom. The van der Waals surface area contributed by atoms with E-state index in [2.05, 4.69) is 9.72 Å². The van der Waals surface area contributed by atoms with Crippen molar-refractivity contribution < 1.29 is 23.0 Å². The molecule has 15 heavy (non-hydrogen) atoms. The van der Waals surface area contributed by atoms with Gasteiger partial charge < -0.3 is 15.6 Å². The predicted molar refractivity (Wildman–Crippen MR) is 53.2 cm³/mol. The van der Waals surface area contributed by atoms with Gasteiger partial charge >= 0.3 is 6.36 Å². The van der Waals surface area contributed by atoms with Gasteiger partial charge in [0.2, 0.25) is 0 Å². The molecular weight excluding hydrogens is 328 g/mol. The summed E-state index contributed by atoms with van der Waals surface area (Å²) in [5.74, 6) is -1.56. The van der Waals surface area contributed by atoms with Gasteiger partial charge in [0.05, 0.1) is 5.69 Å². The van der Waals surface area contributed by atoms with Crippen molar-refractivity contribution >= 4 is 22.6 Å². The standard InChI is InChI=1S/C7H6F3IN2O2/c8-7(9,10)15-6-5(14)1-3(11)4(2-12)13-6/h1,14H,2,12H2. The van der Waals surface area contributed by atoms with Gasteiger partial charge in [-0.3, -0.25) is 0 Å². The van der Waals surface area contributed by atoms with Crippen molar-refractivity contribution in [3.63, 3.8) is 0 Å². The smallest absolute Gasteiger partial charge is 0.503 e. The zero-order valence-electron chi connectivity index (χ0n) is 7.18. The van der Waals surface area contributed by atoms with Gasteiger partial charge in [-0.25, -0.2) is 4.98 Å². The predicted octanol–water partition coefficient (Wildman–Crippen LogP) is 1.75. The van der Waals surface area contributed by atoms with Gasteiger partial charge in [0.15, 0.2) is 5.75 Å². The van der Waals surface area contributed by atoms with Crippen LogP contribution >= 0.6 is 22.6 Å². The number of hydrogen-bond donors (Lipinski definition) is 2. The van der Waals surface area contributed by atoms with E-state index < -0.39 is 18.0 Å². The van der Waals surface area contributed by atoms with Crippen LogP contribution in [0.4, 0.5) is 13.2 Å². The number of nitrogens with zero attached hydrogens (tertiary/aromatic N) is 1. The van der Waals surface area contributed by atoms with Gasteiger partial charge in [-0.05, 0) is 22.6 Å². The van der Waals surface area contributed by atoms with Crippen molar-refractivity contribution in [2.75, 3.05) is 0 Å². The van der Waals surface area contributed by atoms with Crippen LogP contribution in [0, 0.1) is 3.57 Å². The first kappa shape index (κ1) is 12.3. The van der Waals surface area contributed by atoms with Crippen LogP contribution in [0.5, 0.6) is 11.6 Å².